The van der Waals surface area contributed by atoms with Gasteiger partial charge in [-0.1, -0.05) is 0 Å². The molecule has 0 bridgehead atoms. The van der Waals surface area contributed by atoms with Gasteiger partial charge < -0.3 is 10.6 Å². The number of halogens is 1. The fourth-order valence-electron chi connectivity index (χ4n) is 1.42. The van der Waals surface area contributed by atoms with Crippen molar-refractivity contribution >= 4 is 18.3 Å². The Hall–Kier alpha value is -0.280. The smallest absolute Gasteiger partial charge is 0.224 e. The highest BCUT2D eigenvalue weighted by Crippen LogP contribution is 2.12. The molecule has 1 fully saturated rings. The summed E-state index contributed by atoms with van der Waals surface area (Å²) in [6.45, 7) is 4.90. The molecule has 1 aliphatic heterocycles. The van der Waals surface area contributed by atoms with E-state index < -0.39 is 0 Å². The third-order valence-electron chi connectivity index (χ3n) is 2.12. The third-order valence-corrected chi connectivity index (χ3v) is 2.12. The van der Waals surface area contributed by atoms with E-state index in [2.05, 4.69) is 0 Å². The topological polar surface area (TPSA) is 46.3 Å². The Morgan fingerprint density at radius 2 is 2.17 bits per heavy atom. The zero-order valence-electron chi connectivity index (χ0n) is 7.62. The number of amides is 1. The lowest BCUT2D eigenvalue weighted by Gasteiger charge is -2.33. The SMILES string of the molecule is CC(C)N1CCC(N)CC1=O.Cl. The summed E-state index contributed by atoms with van der Waals surface area (Å²) in [7, 11) is 0. The van der Waals surface area contributed by atoms with Crippen LogP contribution in [-0.2, 0) is 4.79 Å². The number of nitrogens with two attached hydrogens (primary N) is 1. The van der Waals surface area contributed by atoms with Crippen LogP contribution in [-0.4, -0.2) is 29.4 Å². The van der Waals surface area contributed by atoms with Gasteiger partial charge in [0.1, 0.15) is 0 Å². The molecule has 1 amide bonds. The minimum absolute atomic E-state index is 0. The second kappa shape index (κ2) is 4.67. The third kappa shape index (κ3) is 2.64. The van der Waals surface area contributed by atoms with Crippen molar-refractivity contribution in [1.29, 1.82) is 0 Å². The molecule has 1 aliphatic rings. The summed E-state index contributed by atoms with van der Waals surface area (Å²) in [4.78, 5) is 13.2. The van der Waals surface area contributed by atoms with Gasteiger partial charge in [-0.05, 0) is 20.3 Å². The van der Waals surface area contributed by atoms with Crippen LogP contribution in [0.1, 0.15) is 26.7 Å². The summed E-state index contributed by atoms with van der Waals surface area (Å²) < 4.78 is 0. The minimum atomic E-state index is 0. The normalized spacial score (nSPS) is 24.2. The predicted octanol–water partition coefficient (Wildman–Crippen LogP) is 0.766. The molecule has 0 aromatic heterocycles. The quantitative estimate of drug-likeness (QED) is 0.667. The summed E-state index contributed by atoms with van der Waals surface area (Å²) in [5.74, 6) is 0.207. The van der Waals surface area contributed by atoms with Crippen LogP contribution < -0.4 is 5.73 Å². The van der Waals surface area contributed by atoms with E-state index in [1.165, 1.54) is 0 Å². The number of carbonyl (C=O) groups excluding carboxylic acids is 1. The molecular formula is C8H17ClN2O. The van der Waals surface area contributed by atoms with Gasteiger partial charge in [0.25, 0.3) is 0 Å². The van der Waals surface area contributed by atoms with Gasteiger partial charge in [0.15, 0.2) is 0 Å². The average Bonchev–Trinajstić information content (AvgIpc) is 1.85. The van der Waals surface area contributed by atoms with Crippen molar-refractivity contribution in [3.8, 4) is 0 Å². The van der Waals surface area contributed by atoms with E-state index in [0.29, 0.717) is 12.5 Å². The molecule has 0 spiro atoms. The van der Waals surface area contributed by atoms with Crippen LogP contribution in [0.3, 0.4) is 0 Å². The average molecular weight is 193 g/mol. The maximum Gasteiger partial charge on any atom is 0.224 e. The number of piperidine rings is 1. The molecule has 0 aromatic rings. The highest BCUT2D eigenvalue weighted by Gasteiger charge is 2.24. The predicted molar refractivity (Wildman–Crippen MR) is 51.3 cm³/mol. The first-order valence-corrected chi connectivity index (χ1v) is 4.16. The van der Waals surface area contributed by atoms with E-state index in [4.69, 9.17) is 5.73 Å². The minimum Gasteiger partial charge on any atom is -0.340 e. The van der Waals surface area contributed by atoms with Crippen LogP contribution in [0.15, 0.2) is 0 Å². The fourth-order valence-corrected chi connectivity index (χ4v) is 1.42. The van der Waals surface area contributed by atoms with E-state index in [1.54, 1.807) is 0 Å². The lowest BCUT2D eigenvalue weighted by atomic mass is 10.0. The zero-order chi connectivity index (χ0) is 8.43. The van der Waals surface area contributed by atoms with Crippen molar-refractivity contribution in [1.82, 2.24) is 4.90 Å². The van der Waals surface area contributed by atoms with E-state index in [0.717, 1.165) is 13.0 Å². The van der Waals surface area contributed by atoms with Crippen LogP contribution in [0.2, 0.25) is 0 Å². The molecule has 3 nitrogen and oxygen atoms in total. The van der Waals surface area contributed by atoms with Crippen molar-refractivity contribution in [2.75, 3.05) is 6.54 Å². The van der Waals surface area contributed by atoms with Crippen molar-refractivity contribution in [3.63, 3.8) is 0 Å². The Morgan fingerprint density at radius 1 is 1.58 bits per heavy atom. The largest absolute Gasteiger partial charge is 0.340 e. The van der Waals surface area contributed by atoms with Crippen molar-refractivity contribution < 1.29 is 4.79 Å². The molecule has 1 atom stereocenters. The number of hydrogen-bond donors (Lipinski definition) is 1. The van der Waals surface area contributed by atoms with E-state index >= 15 is 0 Å². The zero-order valence-corrected chi connectivity index (χ0v) is 8.43. The standard InChI is InChI=1S/C8H16N2O.ClH/c1-6(2)10-4-3-7(9)5-8(10)11;/h6-7H,3-5,9H2,1-2H3;1H. The first kappa shape index (κ1) is 11.7. The van der Waals surface area contributed by atoms with Crippen LogP contribution in [0.4, 0.5) is 0 Å². The summed E-state index contributed by atoms with van der Waals surface area (Å²) in [6, 6.07) is 0.424. The van der Waals surface area contributed by atoms with Gasteiger partial charge in [0.05, 0.1) is 0 Å². The second-order valence-corrected chi connectivity index (χ2v) is 3.43. The van der Waals surface area contributed by atoms with Crippen LogP contribution in [0, 0.1) is 0 Å². The first-order chi connectivity index (χ1) is 5.11. The van der Waals surface area contributed by atoms with Gasteiger partial charge in [-0.3, -0.25) is 4.79 Å². The molecule has 4 heteroatoms. The van der Waals surface area contributed by atoms with E-state index in [9.17, 15) is 4.79 Å². The molecule has 1 heterocycles. The molecule has 0 radical (unpaired) electrons. The summed E-state index contributed by atoms with van der Waals surface area (Å²) in [5, 5.41) is 0. The molecule has 1 rings (SSSR count). The number of carbonyl (C=O) groups is 1. The van der Waals surface area contributed by atoms with Crippen molar-refractivity contribution in [2.45, 2.75) is 38.8 Å². The van der Waals surface area contributed by atoms with Crippen LogP contribution in [0.5, 0.6) is 0 Å². The highest BCUT2D eigenvalue weighted by atomic mass is 35.5. The number of rotatable bonds is 1. The van der Waals surface area contributed by atoms with E-state index in [1.807, 2.05) is 18.7 Å². The van der Waals surface area contributed by atoms with Gasteiger partial charge in [-0.25, -0.2) is 0 Å². The van der Waals surface area contributed by atoms with Crippen LogP contribution >= 0.6 is 12.4 Å². The first-order valence-electron chi connectivity index (χ1n) is 4.16. The molecule has 2 N–H and O–H groups in total. The Labute approximate surface area is 79.7 Å². The Bertz CT molecular complexity index is 161. The maximum atomic E-state index is 11.3. The lowest BCUT2D eigenvalue weighted by molar-refractivity contribution is -0.135. The van der Waals surface area contributed by atoms with Gasteiger partial charge in [0, 0.05) is 25.0 Å². The maximum absolute atomic E-state index is 11.3. The Balaban J connectivity index is 0.00000121. The fraction of sp³-hybridized carbons (Fsp3) is 0.875. The van der Waals surface area contributed by atoms with Gasteiger partial charge >= 0.3 is 0 Å². The molecule has 1 unspecified atom stereocenters. The molecule has 1 saturated heterocycles. The number of hydrogen-bond acceptors (Lipinski definition) is 2. The second-order valence-electron chi connectivity index (χ2n) is 3.43. The molecule has 12 heavy (non-hydrogen) atoms. The Morgan fingerprint density at radius 3 is 2.58 bits per heavy atom. The Kier molecular flexibility index (Phi) is 4.57. The van der Waals surface area contributed by atoms with Crippen LogP contribution in [0.25, 0.3) is 0 Å². The summed E-state index contributed by atoms with van der Waals surface area (Å²) >= 11 is 0. The lowest BCUT2D eigenvalue weighted by Crippen LogP contribution is -2.46. The van der Waals surface area contributed by atoms with Gasteiger partial charge in [-0.2, -0.15) is 0 Å². The summed E-state index contributed by atoms with van der Waals surface area (Å²) in [6.07, 6.45) is 1.47. The van der Waals surface area contributed by atoms with Gasteiger partial charge in [0.2, 0.25) is 5.91 Å². The van der Waals surface area contributed by atoms with Crippen molar-refractivity contribution in [3.05, 3.63) is 0 Å². The number of nitrogens with zero attached hydrogens (tertiary/aromatic N) is 1. The van der Waals surface area contributed by atoms with Gasteiger partial charge in [-0.15, -0.1) is 12.4 Å². The van der Waals surface area contributed by atoms with E-state index in [-0.39, 0.29) is 24.4 Å². The monoisotopic (exact) mass is 192 g/mol. The molecule has 0 aliphatic carbocycles. The summed E-state index contributed by atoms with van der Waals surface area (Å²) in [5.41, 5.74) is 5.64. The molecular weight excluding hydrogens is 176 g/mol. The molecule has 72 valence electrons. The molecule has 0 aromatic carbocycles. The number of likely N-dealkylation sites (tertiary alicyclic amines) is 1. The highest BCUT2D eigenvalue weighted by molar-refractivity contribution is 5.85. The molecule has 0 saturated carbocycles. The van der Waals surface area contributed by atoms with Crippen molar-refractivity contribution in [2.24, 2.45) is 5.73 Å².